The van der Waals surface area contributed by atoms with Crippen molar-refractivity contribution in [1.29, 1.82) is 0 Å². The summed E-state index contributed by atoms with van der Waals surface area (Å²) < 4.78 is 0. The molecule has 0 aromatic carbocycles. The van der Waals surface area contributed by atoms with Crippen LogP contribution in [0.25, 0.3) is 0 Å². The highest BCUT2D eigenvalue weighted by Gasteiger charge is 2.24. The van der Waals surface area contributed by atoms with E-state index in [1.54, 1.807) is 0 Å². The van der Waals surface area contributed by atoms with Crippen molar-refractivity contribution in [2.45, 2.75) is 19.3 Å². The molecule has 8 heavy (non-hydrogen) atoms. The van der Waals surface area contributed by atoms with Crippen molar-refractivity contribution in [3.05, 3.63) is 0 Å². The van der Waals surface area contributed by atoms with Gasteiger partial charge in [0.1, 0.15) is 0 Å². The van der Waals surface area contributed by atoms with E-state index in [0.717, 1.165) is 12.8 Å². The van der Waals surface area contributed by atoms with Crippen molar-refractivity contribution in [3.8, 4) is 0 Å². The number of carbonyl (C=O) groups excluding carboxylic acids is 1. The number of carbonyl (C=O) groups is 1. The van der Waals surface area contributed by atoms with Crippen LogP contribution >= 0.6 is 0 Å². The third kappa shape index (κ3) is 1.50. The maximum atomic E-state index is 10.3. The lowest BCUT2D eigenvalue weighted by molar-refractivity contribution is -0.144. The molecule has 0 atom stereocenters. The molecule has 1 fully saturated rings. The molecule has 0 radical (unpaired) electrons. The quantitative estimate of drug-likeness (QED) is 0.523. The minimum atomic E-state index is -0.285. The molecule has 0 aliphatic heterocycles. The molecule has 1 saturated carbocycles. The molecule has 1 rings (SSSR count). The molecule has 0 bridgehead atoms. The molecule has 0 amide bonds. The van der Waals surface area contributed by atoms with Gasteiger partial charge in [-0.3, -0.25) is 4.79 Å². The Morgan fingerprint density at radius 2 is 2.38 bits per heavy atom. The van der Waals surface area contributed by atoms with Crippen molar-refractivity contribution in [3.63, 3.8) is 0 Å². The summed E-state index contributed by atoms with van der Waals surface area (Å²) in [5.74, 6) is 4.89. The second-order valence-electron chi connectivity index (χ2n) is 2.14. The van der Waals surface area contributed by atoms with Crippen molar-refractivity contribution >= 4 is 5.97 Å². The summed E-state index contributed by atoms with van der Waals surface area (Å²) in [6.45, 7) is 0. The molecule has 0 saturated heterocycles. The van der Waals surface area contributed by atoms with Crippen LogP contribution in [0.3, 0.4) is 0 Å². The van der Waals surface area contributed by atoms with E-state index < -0.39 is 0 Å². The summed E-state index contributed by atoms with van der Waals surface area (Å²) in [5.41, 5.74) is 0. The molecule has 0 aromatic rings. The van der Waals surface area contributed by atoms with Gasteiger partial charge in [0.25, 0.3) is 0 Å². The highest BCUT2D eigenvalue weighted by Crippen LogP contribution is 2.32. The van der Waals surface area contributed by atoms with Crippen LogP contribution in [0.4, 0.5) is 0 Å². The van der Waals surface area contributed by atoms with E-state index in [9.17, 15) is 4.79 Å². The van der Waals surface area contributed by atoms with Crippen LogP contribution in [-0.4, -0.2) is 5.97 Å². The van der Waals surface area contributed by atoms with Gasteiger partial charge in [0.2, 0.25) is 0 Å². The second kappa shape index (κ2) is 2.13. The second-order valence-corrected chi connectivity index (χ2v) is 2.14. The average Bonchev–Trinajstić information content (AvgIpc) is 2.50. The van der Waals surface area contributed by atoms with E-state index in [4.69, 9.17) is 0 Å². The van der Waals surface area contributed by atoms with Crippen molar-refractivity contribution in [2.75, 3.05) is 0 Å². The van der Waals surface area contributed by atoms with Gasteiger partial charge in [-0.15, -0.1) is 0 Å². The van der Waals surface area contributed by atoms with Crippen molar-refractivity contribution in [2.24, 2.45) is 11.8 Å². The van der Waals surface area contributed by atoms with Gasteiger partial charge in [-0.2, -0.15) is 5.90 Å². The molecule has 1 aliphatic rings. The van der Waals surface area contributed by atoms with Gasteiger partial charge in [0.15, 0.2) is 0 Å². The molecule has 46 valence electrons. The average molecular weight is 115 g/mol. The zero-order chi connectivity index (χ0) is 5.98. The Labute approximate surface area is 47.8 Å². The molecular formula is C5H9NO2. The zero-order valence-electron chi connectivity index (χ0n) is 4.59. The van der Waals surface area contributed by atoms with E-state index >= 15 is 0 Å². The Balaban J connectivity index is 2.07. The first-order chi connectivity index (χ1) is 3.83. The summed E-state index contributed by atoms with van der Waals surface area (Å²) >= 11 is 0. The highest BCUT2D eigenvalue weighted by atomic mass is 16.7. The normalized spacial score (nSPS) is 18.1. The van der Waals surface area contributed by atoms with E-state index in [-0.39, 0.29) is 5.97 Å². The van der Waals surface area contributed by atoms with E-state index in [1.807, 2.05) is 0 Å². The minimum absolute atomic E-state index is 0.285. The molecule has 2 N–H and O–H groups in total. The van der Waals surface area contributed by atoms with Gasteiger partial charge in [0, 0.05) is 0 Å². The Morgan fingerprint density at radius 3 is 2.75 bits per heavy atom. The van der Waals surface area contributed by atoms with Crippen molar-refractivity contribution < 1.29 is 9.63 Å². The molecule has 3 nitrogen and oxygen atoms in total. The Kier molecular flexibility index (Phi) is 1.48. The molecular weight excluding hydrogens is 106 g/mol. The molecule has 0 aromatic heterocycles. The maximum Gasteiger partial charge on any atom is 0.324 e. The van der Waals surface area contributed by atoms with Gasteiger partial charge in [-0.1, -0.05) is 0 Å². The molecule has 0 unspecified atom stereocenters. The maximum absolute atomic E-state index is 10.3. The first-order valence-electron chi connectivity index (χ1n) is 2.72. The lowest BCUT2D eigenvalue weighted by atomic mass is 10.3. The fourth-order valence-corrected chi connectivity index (χ4v) is 0.606. The Bertz CT molecular complexity index is 98.6. The number of hydrogen-bond donors (Lipinski definition) is 1. The summed E-state index contributed by atoms with van der Waals surface area (Å²) in [6, 6.07) is 0. The number of hydrogen-bond acceptors (Lipinski definition) is 3. The minimum Gasteiger partial charge on any atom is -0.373 e. The van der Waals surface area contributed by atoms with Crippen LogP contribution in [-0.2, 0) is 9.63 Å². The van der Waals surface area contributed by atoms with Gasteiger partial charge >= 0.3 is 5.97 Å². The lowest BCUT2D eigenvalue weighted by Gasteiger charge is -1.91. The van der Waals surface area contributed by atoms with E-state index in [1.165, 1.54) is 0 Å². The monoisotopic (exact) mass is 115 g/mol. The lowest BCUT2D eigenvalue weighted by Crippen LogP contribution is -2.09. The fourth-order valence-electron chi connectivity index (χ4n) is 0.606. The Hall–Kier alpha value is -0.570. The third-order valence-electron chi connectivity index (χ3n) is 1.28. The van der Waals surface area contributed by atoms with Gasteiger partial charge in [0.05, 0.1) is 6.42 Å². The van der Waals surface area contributed by atoms with E-state index in [0.29, 0.717) is 12.3 Å². The van der Waals surface area contributed by atoms with Crippen LogP contribution in [0.2, 0.25) is 0 Å². The smallest absolute Gasteiger partial charge is 0.324 e. The summed E-state index contributed by atoms with van der Waals surface area (Å²) in [5, 5.41) is 0. The van der Waals surface area contributed by atoms with Crippen LogP contribution in [0.5, 0.6) is 0 Å². The predicted molar refractivity (Wildman–Crippen MR) is 27.6 cm³/mol. The highest BCUT2D eigenvalue weighted by molar-refractivity contribution is 5.69. The van der Waals surface area contributed by atoms with Crippen LogP contribution in [0.1, 0.15) is 19.3 Å². The van der Waals surface area contributed by atoms with Gasteiger partial charge in [-0.05, 0) is 18.8 Å². The van der Waals surface area contributed by atoms with Crippen LogP contribution in [0.15, 0.2) is 0 Å². The number of rotatable bonds is 2. The van der Waals surface area contributed by atoms with Crippen molar-refractivity contribution in [1.82, 2.24) is 0 Å². The third-order valence-corrected chi connectivity index (χ3v) is 1.28. The summed E-state index contributed by atoms with van der Waals surface area (Å²) in [7, 11) is 0. The first-order valence-corrected chi connectivity index (χ1v) is 2.72. The van der Waals surface area contributed by atoms with Gasteiger partial charge in [-0.25, -0.2) is 0 Å². The van der Waals surface area contributed by atoms with Crippen LogP contribution < -0.4 is 5.90 Å². The standard InChI is InChI=1S/C5H9NO2/c6-8-5(7)3-4-1-2-4/h4H,1-3,6H2. The van der Waals surface area contributed by atoms with E-state index in [2.05, 4.69) is 10.7 Å². The topological polar surface area (TPSA) is 52.3 Å². The SMILES string of the molecule is NOC(=O)CC1CC1. The largest absolute Gasteiger partial charge is 0.373 e. The molecule has 3 heteroatoms. The molecule has 1 aliphatic carbocycles. The molecule has 0 spiro atoms. The first kappa shape index (κ1) is 5.56. The summed E-state index contributed by atoms with van der Waals surface area (Å²) in [6.07, 6.45) is 2.83. The number of nitrogens with two attached hydrogens (primary N) is 1. The zero-order valence-corrected chi connectivity index (χ0v) is 4.59. The van der Waals surface area contributed by atoms with Crippen LogP contribution in [0, 0.1) is 5.92 Å². The van der Waals surface area contributed by atoms with Gasteiger partial charge < -0.3 is 4.84 Å². The fraction of sp³-hybridized carbons (Fsp3) is 0.800. The molecule has 0 heterocycles. The Morgan fingerprint density at radius 1 is 1.75 bits per heavy atom. The predicted octanol–water partition coefficient (Wildman–Crippen LogP) is 0.203. The summed E-state index contributed by atoms with van der Waals surface area (Å²) in [4.78, 5) is 14.3.